The summed E-state index contributed by atoms with van der Waals surface area (Å²) in [6.07, 6.45) is 2.46. The first-order valence-corrected chi connectivity index (χ1v) is 4.75. The molecule has 0 spiro atoms. The fraction of sp³-hybridized carbons (Fsp3) is 0.545. The molecular weight excluding hydrogens is 181 g/mol. The van der Waals surface area contributed by atoms with Crippen molar-refractivity contribution in [3.05, 3.63) is 29.8 Å². The quantitative estimate of drug-likeness (QED) is 0.731. The molecule has 1 saturated carbocycles. The minimum atomic E-state index is -0.472. The number of pyridine rings is 1. The van der Waals surface area contributed by atoms with Gasteiger partial charge in [0, 0.05) is 11.6 Å². The van der Waals surface area contributed by atoms with Gasteiger partial charge in [0.2, 0.25) is 5.95 Å². The summed E-state index contributed by atoms with van der Waals surface area (Å²) in [6, 6.07) is 3.06. The molecule has 1 unspecified atom stereocenters. The van der Waals surface area contributed by atoms with E-state index in [9.17, 15) is 9.50 Å². The SMILES string of the molecule is CC1(C)CC1(CO)c1ccc(F)nc1. The third kappa shape index (κ3) is 1.16. The molecule has 76 valence electrons. The van der Waals surface area contributed by atoms with Crippen LogP contribution in [0.1, 0.15) is 25.8 Å². The Morgan fingerprint density at radius 1 is 1.50 bits per heavy atom. The van der Waals surface area contributed by atoms with E-state index in [1.165, 1.54) is 12.3 Å². The van der Waals surface area contributed by atoms with Crippen LogP contribution < -0.4 is 0 Å². The Morgan fingerprint density at radius 2 is 2.14 bits per heavy atom. The Balaban J connectivity index is 2.36. The lowest BCUT2D eigenvalue weighted by Crippen LogP contribution is -2.19. The van der Waals surface area contributed by atoms with Crippen LogP contribution in [0.2, 0.25) is 0 Å². The van der Waals surface area contributed by atoms with Crippen LogP contribution >= 0.6 is 0 Å². The molecular formula is C11H14FNO. The van der Waals surface area contributed by atoms with Crippen LogP contribution in [-0.4, -0.2) is 16.7 Å². The van der Waals surface area contributed by atoms with Gasteiger partial charge in [0.1, 0.15) is 0 Å². The number of aliphatic hydroxyl groups excluding tert-OH is 1. The van der Waals surface area contributed by atoms with E-state index < -0.39 is 5.95 Å². The van der Waals surface area contributed by atoms with Gasteiger partial charge in [-0.15, -0.1) is 0 Å². The van der Waals surface area contributed by atoms with Crippen molar-refractivity contribution in [1.82, 2.24) is 4.98 Å². The van der Waals surface area contributed by atoms with Crippen molar-refractivity contribution in [3.8, 4) is 0 Å². The van der Waals surface area contributed by atoms with Crippen molar-refractivity contribution in [2.45, 2.75) is 25.7 Å². The van der Waals surface area contributed by atoms with E-state index in [-0.39, 0.29) is 17.4 Å². The third-order valence-electron chi connectivity index (χ3n) is 3.46. The predicted molar refractivity (Wildman–Crippen MR) is 51.4 cm³/mol. The summed E-state index contributed by atoms with van der Waals surface area (Å²) in [7, 11) is 0. The van der Waals surface area contributed by atoms with Gasteiger partial charge in [-0.2, -0.15) is 4.39 Å². The lowest BCUT2D eigenvalue weighted by molar-refractivity contribution is 0.231. The zero-order valence-corrected chi connectivity index (χ0v) is 8.42. The van der Waals surface area contributed by atoms with Gasteiger partial charge in [0.25, 0.3) is 0 Å². The van der Waals surface area contributed by atoms with E-state index in [1.54, 1.807) is 6.07 Å². The van der Waals surface area contributed by atoms with Crippen molar-refractivity contribution < 1.29 is 9.50 Å². The molecule has 1 aliphatic carbocycles. The summed E-state index contributed by atoms with van der Waals surface area (Å²) in [5, 5.41) is 9.39. The Bertz CT molecular complexity index is 347. The number of aliphatic hydroxyl groups is 1. The van der Waals surface area contributed by atoms with Gasteiger partial charge in [-0.05, 0) is 23.5 Å². The van der Waals surface area contributed by atoms with E-state index in [2.05, 4.69) is 18.8 Å². The molecule has 1 heterocycles. The first-order valence-electron chi connectivity index (χ1n) is 4.75. The van der Waals surface area contributed by atoms with Gasteiger partial charge < -0.3 is 5.11 Å². The summed E-state index contributed by atoms with van der Waals surface area (Å²) in [4.78, 5) is 3.62. The molecule has 0 aromatic carbocycles. The normalized spacial score (nSPS) is 28.9. The Kier molecular flexibility index (Phi) is 1.89. The molecule has 0 radical (unpaired) electrons. The molecule has 0 saturated heterocycles. The summed E-state index contributed by atoms with van der Waals surface area (Å²) in [5.74, 6) is -0.472. The largest absolute Gasteiger partial charge is 0.395 e. The number of halogens is 1. The Morgan fingerprint density at radius 3 is 2.50 bits per heavy atom. The molecule has 1 fully saturated rings. The topological polar surface area (TPSA) is 33.1 Å². The second-order valence-electron chi connectivity index (χ2n) is 4.67. The molecule has 1 aliphatic rings. The Labute approximate surface area is 82.8 Å². The van der Waals surface area contributed by atoms with Crippen LogP contribution in [0.5, 0.6) is 0 Å². The van der Waals surface area contributed by atoms with E-state index in [0.29, 0.717) is 0 Å². The molecule has 0 aliphatic heterocycles. The number of hydrogen-bond acceptors (Lipinski definition) is 2. The van der Waals surface area contributed by atoms with Gasteiger partial charge in [-0.25, -0.2) is 4.98 Å². The van der Waals surface area contributed by atoms with Gasteiger partial charge in [0.15, 0.2) is 0 Å². The molecule has 14 heavy (non-hydrogen) atoms. The van der Waals surface area contributed by atoms with Crippen molar-refractivity contribution in [3.63, 3.8) is 0 Å². The zero-order chi connectivity index (χ0) is 10.4. The molecule has 1 aromatic rings. The summed E-state index contributed by atoms with van der Waals surface area (Å²) in [6.45, 7) is 4.31. The van der Waals surface area contributed by atoms with Crippen LogP contribution in [0.4, 0.5) is 4.39 Å². The van der Waals surface area contributed by atoms with Crippen LogP contribution in [0, 0.1) is 11.4 Å². The molecule has 1 atom stereocenters. The van der Waals surface area contributed by atoms with Crippen LogP contribution in [0.3, 0.4) is 0 Å². The number of hydrogen-bond donors (Lipinski definition) is 1. The molecule has 2 nitrogen and oxygen atoms in total. The molecule has 1 N–H and O–H groups in total. The Hall–Kier alpha value is -0.960. The maximum atomic E-state index is 12.6. The third-order valence-corrected chi connectivity index (χ3v) is 3.46. The lowest BCUT2D eigenvalue weighted by atomic mass is 9.90. The fourth-order valence-corrected chi connectivity index (χ4v) is 2.22. The second kappa shape index (κ2) is 2.76. The van der Waals surface area contributed by atoms with Gasteiger partial charge in [-0.1, -0.05) is 19.9 Å². The average Bonchev–Trinajstić information content (AvgIpc) is 2.71. The van der Waals surface area contributed by atoms with E-state index in [1.807, 2.05) is 0 Å². The molecule has 2 rings (SSSR count). The highest BCUT2D eigenvalue weighted by Gasteiger charge is 2.61. The van der Waals surface area contributed by atoms with E-state index in [4.69, 9.17) is 0 Å². The highest BCUT2D eigenvalue weighted by Crippen LogP contribution is 2.63. The minimum absolute atomic E-state index is 0.0985. The molecule has 0 amide bonds. The highest BCUT2D eigenvalue weighted by atomic mass is 19.1. The van der Waals surface area contributed by atoms with E-state index >= 15 is 0 Å². The predicted octanol–water partition coefficient (Wildman–Crippen LogP) is 1.88. The number of aromatic nitrogens is 1. The first kappa shape index (κ1) is 9.59. The number of rotatable bonds is 2. The average molecular weight is 195 g/mol. The lowest BCUT2D eigenvalue weighted by Gasteiger charge is -2.17. The first-order chi connectivity index (χ1) is 6.52. The maximum absolute atomic E-state index is 12.6. The van der Waals surface area contributed by atoms with Crippen molar-refractivity contribution in [2.75, 3.05) is 6.61 Å². The van der Waals surface area contributed by atoms with Crippen LogP contribution in [0.25, 0.3) is 0 Å². The minimum Gasteiger partial charge on any atom is -0.395 e. The van der Waals surface area contributed by atoms with Gasteiger partial charge in [0.05, 0.1) is 6.61 Å². The van der Waals surface area contributed by atoms with E-state index in [0.717, 1.165) is 12.0 Å². The second-order valence-corrected chi connectivity index (χ2v) is 4.67. The molecule has 0 bridgehead atoms. The maximum Gasteiger partial charge on any atom is 0.212 e. The van der Waals surface area contributed by atoms with Crippen molar-refractivity contribution in [1.29, 1.82) is 0 Å². The van der Waals surface area contributed by atoms with Crippen molar-refractivity contribution >= 4 is 0 Å². The summed E-state index contributed by atoms with van der Waals surface area (Å²) < 4.78 is 12.6. The van der Waals surface area contributed by atoms with Crippen LogP contribution in [-0.2, 0) is 5.41 Å². The fourth-order valence-electron chi connectivity index (χ4n) is 2.22. The molecule has 1 aromatic heterocycles. The summed E-state index contributed by atoms with van der Waals surface area (Å²) in [5.41, 5.74) is 0.834. The zero-order valence-electron chi connectivity index (χ0n) is 8.42. The standard InChI is InChI=1S/C11H14FNO/c1-10(2)6-11(10,7-14)8-3-4-9(12)13-5-8/h3-5,14H,6-7H2,1-2H3. The summed E-state index contributed by atoms with van der Waals surface area (Å²) >= 11 is 0. The van der Waals surface area contributed by atoms with Gasteiger partial charge in [-0.3, -0.25) is 0 Å². The monoisotopic (exact) mass is 195 g/mol. The highest BCUT2D eigenvalue weighted by molar-refractivity contribution is 5.35. The van der Waals surface area contributed by atoms with Crippen molar-refractivity contribution in [2.24, 2.45) is 5.41 Å². The number of nitrogens with zero attached hydrogens (tertiary/aromatic N) is 1. The van der Waals surface area contributed by atoms with Gasteiger partial charge >= 0.3 is 0 Å². The smallest absolute Gasteiger partial charge is 0.212 e. The molecule has 3 heteroatoms. The van der Waals surface area contributed by atoms with Crippen LogP contribution in [0.15, 0.2) is 18.3 Å².